The molecule has 1 amide bonds. The number of para-hydroxylation sites is 1. The second kappa shape index (κ2) is 17.8. The summed E-state index contributed by atoms with van der Waals surface area (Å²) >= 11 is 0. The summed E-state index contributed by atoms with van der Waals surface area (Å²) in [5.41, 5.74) is 5.32. The number of ether oxygens (including phenoxy) is 5. The lowest BCUT2D eigenvalue weighted by molar-refractivity contribution is -0.118. The summed E-state index contributed by atoms with van der Waals surface area (Å²) in [6.07, 6.45) is 2.97. The number of rotatable bonds is 17. The zero-order chi connectivity index (χ0) is 31.1. The van der Waals surface area contributed by atoms with E-state index < -0.39 is 0 Å². The molecular weight excluding hydrogens is 556 g/mol. The Balaban J connectivity index is 1.27. The summed E-state index contributed by atoms with van der Waals surface area (Å²) in [4.78, 5) is 14.6. The maximum absolute atomic E-state index is 12.8. The lowest BCUT2D eigenvalue weighted by Gasteiger charge is -2.33. The van der Waals surface area contributed by atoms with E-state index in [1.165, 1.54) is 5.56 Å². The summed E-state index contributed by atoms with van der Waals surface area (Å²) in [7, 11) is 5.18. The van der Waals surface area contributed by atoms with Crippen molar-refractivity contribution in [3.63, 3.8) is 0 Å². The minimum Gasteiger partial charge on any atom is -0.496 e. The molecule has 3 aromatic rings. The average molecular weight is 605 g/mol. The Bertz CT molecular complexity index is 1300. The van der Waals surface area contributed by atoms with Gasteiger partial charge in [0.15, 0.2) is 0 Å². The Hall–Kier alpha value is -3.43. The molecule has 1 N–H and O–H groups in total. The number of aryl methyl sites for hydroxylation is 1. The van der Waals surface area contributed by atoms with E-state index in [0.717, 1.165) is 59.8 Å². The number of hydrogen-bond acceptors (Lipinski definition) is 7. The van der Waals surface area contributed by atoms with Crippen LogP contribution >= 0.6 is 0 Å². The van der Waals surface area contributed by atoms with Gasteiger partial charge in [-0.25, -0.2) is 0 Å². The van der Waals surface area contributed by atoms with Crippen molar-refractivity contribution in [1.29, 1.82) is 0 Å². The molecule has 1 heterocycles. The predicted octanol–water partition coefficient (Wildman–Crippen LogP) is 6.04. The number of benzene rings is 3. The zero-order valence-corrected chi connectivity index (χ0v) is 26.7. The van der Waals surface area contributed by atoms with Crippen LogP contribution in [0.15, 0.2) is 66.7 Å². The van der Waals surface area contributed by atoms with Crippen molar-refractivity contribution in [2.75, 3.05) is 59.1 Å². The van der Waals surface area contributed by atoms with Gasteiger partial charge < -0.3 is 33.9 Å². The molecule has 0 spiro atoms. The van der Waals surface area contributed by atoms with Crippen molar-refractivity contribution >= 4 is 11.6 Å². The Morgan fingerprint density at radius 1 is 0.932 bits per heavy atom. The number of amides is 1. The van der Waals surface area contributed by atoms with E-state index >= 15 is 0 Å². The number of nitrogens with one attached hydrogen (secondary N) is 1. The van der Waals surface area contributed by atoms with Crippen LogP contribution in [-0.2, 0) is 32.2 Å². The fraction of sp³-hybridized carbons (Fsp3) is 0.472. The smallest absolute Gasteiger partial charge is 0.226 e. The van der Waals surface area contributed by atoms with Crippen LogP contribution in [0.3, 0.4) is 0 Å². The number of hydrogen-bond donors (Lipinski definition) is 1. The second-order valence-electron chi connectivity index (χ2n) is 11.3. The first kappa shape index (κ1) is 33.5. The SMILES string of the molecule is COCCCC(=O)N(C)c1cc(C)ccc1CO[C@@H]1CNCC[C@@H]1c1ccc(OCCCOCc2ccccc2OC)cc1. The number of methoxy groups -OCH3 is 2. The summed E-state index contributed by atoms with van der Waals surface area (Å²) in [5.74, 6) is 2.05. The van der Waals surface area contributed by atoms with Gasteiger partial charge in [-0.05, 0) is 61.7 Å². The third-order valence-electron chi connectivity index (χ3n) is 8.05. The van der Waals surface area contributed by atoms with Gasteiger partial charge in [-0.15, -0.1) is 0 Å². The summed E-state index contributed by atoms with van der Waals surface area (Å²) in [6.45, 7) is 6.52. The molecule has 238 valence electrons. The van der Waals surface area contributed by atoms with Crippen LogP contribution in [0, 0.1) is 6.92 Å². The number of nitrogens with zero attached hydrogens (tertiary/aromatic N) is 1. The highest BCUT2D eigenvalue weighted by atomic mass is 16.5. The minimum absolute atomic E-state index is 0.0211. The van der Waals surface area contributed by atoms with E-state index in [2.05, 4.69) is 35.6 Å². The van der Waals surface area contributed by atoms with E-state index in [1.54, 1.807) is 19.1 Å². The van der Waals surface area contributed by atoms with Gasteiger partial charge in [-0.3, -0.25) is 4.79 Å². The first-order valence-electron chi connectivity index (χ1n) is 15.6. The second-order valence-corrected chi connectivity index (χ2v) is 11.3. The molecule has 1 saturated heterocycles. The molecular formula is C36H48N2O6. The maximum Gasteiger partial charge on any atom is 0.226 e. The van der Waals surface area contributed by atoms with Crippen molar-refractivity contribution in [2.24, 2.45) is 0 Å². The van der Waals surface area contributed by atoms with Crippen LogP contribution in [0.5, 0.6) is 11.5 Å². The molecule has 1 fully saturated rings. The number of carbonyl (C=O) groups excluding carboxylic acids is 1. The van der Waals surface area contributed by atoms with E-state index in [4.69, 9.17) is 23.7 Å². The first-order chi connectivity index (χ1) is 21.5. The molecule has 8 heteroatoms. The molecule has 1 aliphatic heterocycles. The highest BCUT2D eigenvalue weighted by Gasteiger charge is 2.28. The predicted molar refractivity (Wildman–Crippen MR) is 174 cm³/mol. The summed E-state index contributed by atoms with van der Waals surface area (Å²) in [5, 5.41) is 3.49. The molecule has 1 aliphatic rings. The van der Waals surface area contributed by atoms with Crippen LogP contribution in [0.25, 0.3) is 0 Å². The standard InChI is InChI=1S/C36H48N2O6/c1-27-12-13-29(33(23-27)38(2)36(39)11-7-20-40-3)26-44-35-24-37-19-18-32(35)28-14-16-31(17-15-28)43-22-8-21-42-25-30-9-5-6-10-34(30)41-4/h5-6,9-10,12-17,23,32,35,37H,7-8,11,18-22,24-26H2,1-4H3/t32-,35-/m1/s1. The van der Waals surface area contributed by atoms with Crippen molar-refractivity contribution in [1.82, 2.24) is 5.32 Å². The van der Waals surface area contributed by atoms with Crippen LogP contribution in [-0.4, -0.2) is 66.2 Å². The van der Waals surface area contributed by atoms with Gasteiger partial charge in [0.2, 0.25) is 5.91 Å². The molecule has 2 atom stereocenters. The fourth-order valence-electron chi connectivity index (χ4n) is 5.53. The highest BCUT2D eigenvalue weighted by Crippen LogP contribution is 2.31. The van der Waals surface area contributed by atoms with Gasteiger partial charge in [0, 0.05) is 62.9 Å². The quantitative estimate of drug-likeness (QED) is 0.188. The summed E-state index contributed by atoms with van der Waals surface area (Å²) in [6, 6.07) is 22.5. The van der Waals surface area contributed by atoms with Gasteiger partial charge in [-0.2, -0.15) is 0 Å². The Morgan fingerprint density at radius 3 is 2.55 bits per heavy atom. The fourth-order valence-corrected chi connectivity index (χ4v) is 5.53. The maximum atomic E-state index is 12.8. The Morgan fingerprint density at radius 2 is 1.75 bits per heavy atom. The molecule has 0 aliphatic carbocycles. The normalized spacial score (nSPS) is 16.5. The average Bonchev–Trinajstić information content (AvgIpc) is 3.06. The van der Waals surface area contributed by atoms with Gasteiger partial charge in [0.05, 0.1) is 39.6 Å². The van der Waals surface area contributed by atoms with E-state index in [0.29, 0.717) is 45.9 Å². The van der Waals surface area contributed by atoms with E-state index in [1.807, 2.05) is 50.4 Å². The molecule has 0 unspecified atom stereocenters. The zero-order valence-electron chi connectivity index (χ0n) is 26.7. The third-order valence-corrected chi connectivity index (χ3v) is 8.05. The minimum atomic E-state index is 0.0211. The first-order valence-corrected chi connectivity index (χ1v) is 15.6. The van der Waals surface area contributed by atoms with Gasteiger partial charge in [-0.1, -0.05) is 42.5 Å². The number of piperidine rings is 1. The Kier molecular flexibility index (Phi) is 13.5. The van der Waals surface area contributed by atoms with Crippen LogP contribution in [0.4, 0.5) is 5.69 Å². The highest BCUT2D eigenvalue weighted by molar-refractivity contribution is 5.93. The van der Waals surface area contributed by atoms with Crippen molar-refractivity contribution in [2.45, 2.75) is 57.8 Å². The number of anilines is 1. The molecule has 4 rings (SSSR count). The van der Waals surface area contributed by atoms with E-state index in [-0.39, 0.29) is 17.9 Å². The molecule has 0 aromatic heterocycles. The largest absolute Gasteiger partial charge is 0.496 e. The lowest BCUT2D eigenvalue weighted by Crippen LogP contribution is -2.41. The van der Waals surface area contributed by atoms with E-state index in [9.17, 15) is 4.79 Å². The molecule has 44 heavy (non-hydrogen) atoms. The Labute approximate surface area is 262 Å². The molecule has 8 nitrogen and oxygen atoms in total. The van der Waals surface area contributed by atoms with Gasteiger partial charge >= 0.3 is 0 Å². The van der Waals surface area contributed by atoms with Gasteiger partial charge in [0.1, 0.15) is 11.5 Å². The topological polar surface area (TPSA) is 78.5 Å². The third kappa shape index (κ3) is 9.79. The lowest BCUT2D eigenvalue weighted by atomic mass is 9.87. The van der Waals surface area contributed by atoms with Gasteiger partial charge in [0.25, 0.3) is 0 Å². The molecule has 0 radical (unpaired) electrons. The number of carbonyl (C=O) groups is 1. The van der Waals surface area contributed by atoms with Crippen LogP contribution in [0.1, 0.15) is 53.9 Å². The molecule has 3 aromatic carbocycles. The van der Waals surface area contributed by atoms with Crippen molar-refractivity contribution in [3.05, 3.63) is 89.0 Å². The van der Waals surface area contributed by atoms with Crippen molar-refractivity contribution < 1.29 is 28.5 Å². The molecule has 0 saturated carbocycles. The monoisotopic (exact) mass is 604 g/mol. The van der Waals surface area contributed by atoms with Crippen LogP contribution in [0.2, 0.25) is 0 Å². The summed E-state index contributed by atoms with van der Waals surface area (Å²) < 4.78 is 28.9. The van der Waals surface area contributed by atoms with Crippen LogP contribution < -0.4 is 19.7 Å². The van der Waals surface area contributed by atoms with Crippen molar-refractivity contribution in [3.8, 4) is 11.5 Å². The molecule has 0 bridgehead atoms.